The summed E-state index contributed by atoms with van der Waals surface area (Å²) in [6, 6.07) is 9.56. The van der Waals surface area contributed by atoms with Crippen LogP contribution in [0.1, 0.15) is 39.3 Å². The van der Waals surface area contributed by atoms with Gasteiger partial charge in [-0.3, -0.25) is 4.79 Å². The number of rotatable bonds is 3. The van der Waals surface area contributed by atoms with Gasteiger partial charge in [-0.2, -0.15) is 0 Å². The first-order chi connectivity index (χ1) is 10.1. The minimum atomic E-state index is -0.0789. The predicted octanol–water partition coefficient (Wildman–Crippen LogP) is 2.86. The first kappa shape index (κ1) is 15.3. The molecule has 1 amide bonds. The number of carbonyl (C=O) groups excluding carboxylic acids is 1. The predicted molar refractivity (Wildman–Crippen MR) is 87.3 cm³/mol. The molecular weight excluding hydrogens is 280 g/mol. The van der Waals surface area contributed by atoms with Crippen LogP contribution in [0.3, 0.4) is 0 Å². The molecule has 0 radical (unpaired) electrons. The lowest BCUT2D eigenvalue weighted by Gasteiger charge is -2.14. The van der Waals surface area contributed by atoms with Crippen molar-refractivity contribution < 1.29 is 4.79 Å². The third kappa shape index (κ3) is 3.72. The average molecular weight is 298 g/mol. The molecule has 3 nitrogen and oxygen atoms in total. The Balaban J connectivity index is 2.19. The fourth-order valence-corrected chi connectivity index (χ4v) is 2.78. The van der Waals surface area contributed by atoms with Crippen LogP contribution in [0.15, 0.2) is 35.7 Å². The van der Waals surface area contributed by atoms with Gasteiger partial charge in [-0.15, -0.1) is 11.3 Å². The van der Waals surface area contributed by atoms with Crippen molar-refractivity contribution >= 4 is 17.2 Å². The minimum absolute atomic E-state index is 0.00400. The summed E-state index contributed by atoms with van der Waals surface area (Å²) < 4.78 is 0. The second-order valence-corrected chi connectivity index (χ2v) is 5.67. The van der Waals surface area contributed by atoms with Gasteiger partial charge in [0.25, 0.3) is 5.91 Å². The summed E-state index contributed by atoms with van der Waals surface area (Å²) in [5.41, 5.74) is 7.78. The lowest BCUT2D eigenvalue weighted by molar-refractivity contribution is 0.0940. The van der Waals surface area contributed by atoms with E-state index in [1.54, 1.807) is 11.3 Å². The highest BCUT2D eigenvalue weighted by molar-refractivity contribution is 7.10. The number of hydrogen-bond donors (Lipinski definition) is 2. The molecule has 0 aliphatic rings. The molecule has 1 aromatic heterocycles. The van der Waals surface area contributed by atoms with Crippen LogP contribution in [0.2, 0.25) is 0 Å². The fraction of sp³-hybridized carbons (Fsp3) is 0.235. The third-order valence-corrected chi connectivity index (χ3v) is 4.28. The summed E-state index contributed by atoms with van der Waals surface area (Å²) >= 11 is 1.64. The molecule has 1 aromatic carbocycles. The fourth-order valence-electron chi connectivity index (χ4n) is 2.05. The molecule has 2 rings (SSSR count). The van der Waals surface area contributed by atoms with E-state index >= 15 is 0 Å². The van der Waals surface area contributed by atoms with Crippen LogP contribution in [0.5, 0.6) is 0 Å². The zero-order valence-electron chi connectivity index (χ0n) is 12.1. The van der Waals surface area contributed by atoms with Gasteiger partial charge in [-0.05, 0) is 43.0 Å². The molecule has 0 saturated heterocycles. The Morgan fingerprint density at radius 2 is 2.19 bits per heavy atom. The van der Waals surface area contributed by atoms with Gasteiger partial charge in [0.15, 0.2) is 0 Å². The van der Waals surface area contributed by atoms with Crippen LogP contribution in [0.4, 0.5) is 0 Å². The first-order valence-corrected chi connectivity index (χ1v) is 7.64. The van der Waals surface area contributed by atoms with Crippen LogP contribution in [0, 0.1) is 18.8 Å². The molecule has 0 spiro atoms. The van der Waals surface area contributed by atoms with Crippen molar-refractivity contribution in [2.45, 2.75) is 19.9 Å². The molecule has 1 heterocycles. The Morgan fingerprint density at radius 1 is 1.38 bits per heavy atom. The number of nitrogens with one attached hydrogen (secondary N) is 1. The van der Waals surface area contributed by atoms with Crippen molar-refractivity contribution in [1.29, 1.82) is 0 Å². The molecule has 0 aliphatic heterocycles. The second kappa shape index (κ2) is 7.07. The zero-order valence-corrected chi connectivity index (χ0v) is 13.0. The Hall–Kier alpha value is -2.09. The number of hydrogen-bond acceptors (Lipinski definition) is 3. The molecular formula is C17H18N2OS. The summed E-state index contributed by atoms with van der Waals surface area (Å²) in [4.78, 5) is 13.6. The summed E-state index contributed by atoms with van der Waals surface area (Å²) in [5, 5.41) is 5.03. The normalized spacial score (nSPS) is 11.4. The Bertz CT molecular complexity index is 681. The van der Waals surface area contributed by atoms with E-state index in [0.717, 1.165) is 16.0 Å². The third-order valence-electron chi connectivity index (χ3n) is 3.22. The highest BCUT2D eigenvalue weighted by atomic mass is 32.1. The second-order valence-electron chi connectivity index (χ2n) is 4.69. The Labute approximate surface area is 129 Å². The molecule has 1 unspecified atom stereocenters. The van der Waals surface area contributed by atoms with Crippen molar-refractivity contribution in [3.05, 3.63) is 57.3 Å². The van der Waals surface area contributed by atoms with E-state index < -0.39 is 0 Å². The van der Waals surface area contributed by atoms with Crippen LogP contribution in [-0.2, 0) is 0 Å². The van der Waals surface area contributed by atoms with Gasteiger partial charge in [0.05, 0.1) is 12.6 Å². The standard InChI is InChI=1S/C17H18N2OS/c1-12-14(7-4-10-18)6-3-8-15(12)17(20)19-13(2)16-9-5-11-21-16/h3,5-6,8-9,11,13H,10,18H2,1-2H3,(H,19,20). The van der Waals surface area contributed by atoms with Crippen molar-refractivity contribution in [1.82, 2.24) is 5.32 Å². The molecule has 0 aliphatic carbocycles. The molecule has 0 fully saturated rings. The number of amides is 1. The minimum Gasteiger partial charge on any atom is -0.345 e. The van der Waals surface area contributed by atoms with Gasteiger partial charge in [-0.1, -0.05) is 24.0 Å². The molecule has 108 valence electrons. The van der Waals surface area contributed by atoms with Crippen LogP contribution < -0.4 is 11.1 Å². The van der Waals surface area contributed by atoms with Gasteiger partial charge in [0.1, 0.15) is 0 Å². The number of nitrogens with two attached hydrogens (primary N) is 1. The highest BCUT2D eigenvalue weighted by Crippen LogP contribution is 2.20. The summed E-state index contributed by atoms with van der Waals surface area (Å²) in [6.45, 7) is 4.20. The summed E-state index contributed by atoms with van der Waals surface area (Å²) in [5.74, 6) is 5.74. The molecule has 4 heteroatoms. The zero-order chi connectivity index (χ0) is 15.2. The van der Waals surface area contributed by atoms with Crippen molar-refractivity contribution in [2.75, 3.05) is 6.54 Å². The van der Waals surface area contributed by atoms with Crippen molar-refractivity contribution in [3.8, 4) is 11.8 Å². The quantitative estimate of drug-likeness (QED) is 0.856. The maximum absolute atomic E-state index is 12.4. The van der Waals surface area contributed by atoms with E-state index in [1.807, 2.05) is 49.6 Å². The van der Waals surface area contributed by atoms with E-state index in [0.29, 0.717) is 12.1 Å². The number of carbonyl (C=O) groups is 1. The molecule has 1 atom stereocenters. The van der Waals surface area contributed by atoms with Crippen LogP contribution in [0.25, 0.3) is 0 Å². The Morgan fingerprint density at radius 3 is 2.86 bits per heavy atom. The van der Waals surface area contributed by atoms with Crippen molar-refractivity contribution in [3.63, 3.8) is 0 Å². The van der Waals surface area contributed by atoms with E-state index in [-0.39, 0.29) is 11.9 Å². The lowest BCUT2D eigenvalue weighted by Crippen LogP contribution is -2.26. The smallest absolute Gasteiger partial charge is 0.252 e. The van der Waals surface area contributed by atoms with Gasteiger partial charge in [0.2, 0.25) is 0 Å². The topological polar surface area (TPSA) is 55.1 Å². The molecule has 3 N–H and O–H groups in total. The van der Waals surface area contributed by atoms with Crippen LogP contribution >= 0.6 is 11.3 Å². The van der Waals surface area contributed by atoms with E-state index in [4.69, 9.17) is 5.73 Å². The van der Waals surface area contributed by atoms with Gasteiger partial charge < -0.3 is 11.1 Å². The first-order valence-electron chi connectivity index (χ1n) is 6.76. The van der Waals surface area contributed by atoms with Gasteiger partial charge >= 0.3 is 0 Å². The van der Waals surface area contributed by atoms with E-state index in [2.05, 4.69) is 17.2 Å². The van der Waals surface area contributed by atoms with Gasteiger partial charge in [0, 0.05) is 16.0 Å². The molecule has 0 bridgehead atoms. The molecule has 21 heavy (non-hydrogen) atoms. The van der Waals surface area contributed by atoms with E-state index in [1.165, 1.54) is 0 Å². The van der Waals surface area contributed by atoms with E-state index in [9.17, 15) is 4.79 Å². The summed E-state index contributed by atoms with van der Waals surface area (Å²) in [6.07, 6.45) is 0. The van der Waals surface area contributed by atoms with Crippen LogP contribution in [-0.4, -0.2) is 12.5 Å². The maximum atomic E-state index is 12.4. The summed E-state index contributed by atoms with van der Waals surface area (Å²) in [7, 11) is 0. The number of thiophene rings is 1. The lowest BCUT2D eigenvalue weighted by atomic mass is 10.0. The highest BCUT2D eigenvalue weighted by Gasteiger charge is 2.14. The largest absolute Gasteiger partial charge is 0.345 e. The Kier molecular flexibility index (Phi) is 5.15. The maximum Gasteiger partial charge on any atom is 0.252 e. The average Bonchev–Trinajstić information content (AvgIpc) is 3.00. The van der Waals surface area contributed by atoms with Gasteiger partial charge in [-0.25, -0.2) is 0 Å². The SMILES string of the molecule is Cc1c(C#CCN)cccc1C(=O)NC(C)c1cccs1. The number of benzene rings is 1. The van der Waals surface area contributed by atoms with Crippen molar-refractivity contribution in [2.24, 2.45) is 5.73 Å². The monoisotopic (exact) mass is 298 g/mol. The molecule has 0 saturated carbocycles. The molecule has 2 aromatic rings.